The summed E-state index contributed by atoms with van der Waals surface area (Å²) in [4.78, 5) is 32.6. The van der Waals surface area contributed by atoms with E-state index in [1.165, 1.54) is 18.9 Å². The molecule has 4 aromatic rings. The number of anilines is 1. The van der Waals surface area contributed by atoms with Gasteiger partial charge < -0.3 is 15.0 Å². The van der Waals surface area contributed by atoms with Gasteiger partial charge in [-0.2, -0.15) is 0 Å². The molecule has 2 N–H and O–H groups in total. The predicted molar refractivity (Wildman–Crippen MR) is 127 cm³/mol. The number of nitrogens with one attached hydrogen (secondary N) is 2. The molecule has 0 saturated heterocycles. The third-order valence-corrected chi connectivity index (χ3v) is 5.61. The molecule has 160 valence electrons. The number of hydrogen-bond donors (Lipinski definition) is 2. The van der Waals surface area contributed by atoms with E-state index in [-0.39, 0.29) is 11.7 Å². The zero-order chi connectivity index (χ0) is 22.3. The lowest BCUT2D eigenvalue weighted by atomic mass is 10.1. The molecular weight excluding hydrogens is 422 g/mol. The molecule has 0 atom stereocenters. The molecule has 0 bridgehead atoms. The van der Waals surface area contributed by atoms with Crippen molar-refractivity contribution in [2.24, 2.45) is 0 Å². The van der Waals surface area contributed by atoms with Crippen LogP contribution in [-0.2, 0) is 9.53 Å². The van der Waals surface area contributed by atoms with Crippen molar-refractivity contribution in [1.82, 2.24) is 9.97 Å². The number of para-hydroxylation sites is 1. The number of hydrogen-bond acceptors (Lipinski definition) is 5. The highest BCUT2D eigenvalue weighted by Gasteiger charge is 2.17. The summed E-state index contributed by atoms with van der Waals surface area (Å²) in [6, 6.07) is 26.6. The van der Waals surface area contributed by atoms with Crippen molar-refractivity contribution >= 4 is 29.3 Å². The Labute approximate surface area is 190 Å². The lowest BCUT2D eigenvalue weighted by molar-refractivity contribution is -0.113. The van der Waals surface area contributed by atoms with Crippen LogP contribution < -0.4 is 5.32 Å². The van der Waals surface area contributed by atoms with Gasteiger partial charge in [0.15, 0.2) is 5.16 Å². The minimum Gasteiger partial charge on any atom is -0.465 e. The molecule has 0 saturated carbocycles. The zero-order valence-corrected chi connectivity index (χ0v) is 18.2. The van der Waals surface area contributed by atoms with Gasteiger partial charge >= 0.3 is 5.97 Å². The maximum absolute atomic E-state index is 12.6. The van der Waals surface area contributed by atoms with E-state index in [1.54, 1.807) is 24.3 Å². The van der Waals surface area contributed by atoms with Gasteiger partial charge in [0.1, 0.15) is 0 Å². The van der Waals surface area contributed by atoms with Gasteiger partial charge in [-0.05, 0) is 12.1 Å². The highest BCUT2D eigenvalue weighted by molar-refractivity contribution is 7.99. The molecule has 3 aromatic carbocycles. The Bertz CT molecular complexity index is 1170. The molecule has 32 heavy (non-hydrogen) atoms. The van der Waals surface area contributed by atoms with Crippen LogP contribution in [0.1, 0.15) is 10.4 Å². The zero-order valence-electron chi connectivity index (χ0n) is 17.4. The Balaban J connectivity index is 1.53. The van der Waals surface area contributed by atoms with Crippen LogP contribution in [0.15, 0.2) is 90.1 Å². The van der Waals surface area contributed by atoms with Crippen molar-refractivity contribution in [2.75, 3.05) is 18.2 Å². The van der Waals surface area contributed by atoms with E-state index < -0.39 is 5.97 Å². The number of aromatic nitrogens is 2. The minimum absolute atomic E-state index is 0.130. The van der Waals surface area contributed by atoms with E-state index in [9.17, 15) is 9.59 Å². The SMILES string of the molecule is COC(=O)c1ccccc1NC(=O)CSc1nc(-c2ccccc2)c(-c2ccccc2)[nH]1. The van der Waals surface area contributed by atoms with Crippen molar-refractivity contribution in [2.45, 2.75) is 5.16 Å². The van der Waals surface area contributed by atoms with Gasteiger partial charge in [-0.3, -0.25) is 4.79 Å². The summed E-state index contributed by atoms with van der Waals surface area (Å²) in [7, 11) is 1.31. The van der Waals surface area contributed by atoms with E-state index in [4.69, 9.17) is 9.72 Å². The average molecular weight is 444 g/mol. The van der Waals surface area contributed by atoms with E-state index in [0.717, 1.165) is 22.5 Å². The van der Waals surface area contributed by atoms with Crippen LogP contribution in [0.3, 0.4) is 0 Å². The fourth-order valence-electron chi connectivity index (χ4n) is 3.24. The largest absolute Gasteiger partial charge is 0.465 e. The molecular formula is C25H21N3O3S. The topological polar surface area (TPSA) is 84.1 Å². The van der Waals surface area contributed by atoms with Crippen molar-refractivity contribution in [3.05, 3.63) is 90.5 Å². The Hall–Kier alpha value is -3.84. The van der Waals surface area contributed by atoms with Gasteiger partial charge in [-0.25, -0.2) is 9.78 Å². The van der Waals surface area contributed by atoms with Gasteiger partial charge in [0.2, 0.25) is 5.91 Å². The van der Waals surface area contributed by atoms with Crippen molar-refractivity contribution < 1.29 is 14.3 Å². The van der Waals surface area contributed by atoms with Gasteiger partial charge in [0.05, 0.1) is 35.5 Å². The molecule has 0 unspecified atom stereocenters. The molecule has 0 aliphatic heterocycles. The number of rotatable bonds is 7. The number of imidazole rings is 1. The molecule has 4 rings (SSSR count). The first-order valence-corrected chi connectivity index (χ1v) is 10.9. The molecule has 6 nitrogen and oxygen atoms in total. The number of carbonyl (C=O) groups excluding carboxylic acids is 2. The maximum Gasteiger partial charge on any atom is 0.339 e. The maximum atomic E-state index is 12.6. The fraction of sp³-hybridized carbons (Fsp3) is 0.0800. The van der Waals surface area contributed by atoms with Crippen molar-refractivity contribution in [1.29, 1.82) is 0 Å². The molecule has 1 heterocycles. The predicted octanol–water partition coefficient (Wildman–Crippen LogP) is 5.26. The number of ether oxygens (including phenoxy) is 1. The quantitative estimate of drug-likeness (QED) is 0.301. The van der Waals surface area contributed by atoms with E-state index in [2.05, 4.69) is 10.3 Å². The third kappa shape index (κ3) is 4.90. The molecule has 0 fully saturated rings. The number of thioether (sulfide) groups is 1. The summed E-state index contributed by atoms with van der Waals surface area (Å²) in [5, 5.41) is 3.42. The average Bonchev–Trinajstić information content (AvgIpc) is 3.28. The molecule has 0 aliphatic carbocycles. The van der Waals surface area contributed by atoms with Crippen molar-refractivity contribution in [3.8, 4) is 22.5 Å². The first-order chi connectivity index (χ1) is 15.7. The Morgan fingerprint density at radius 1 is 0.906 bits per heavy atom. The van der Waals surface area contributed by atoms with Crippen LogP contribution in [0.4, 0.5) is 5.69 Å². The molecule has 7 heteroatoms. The normalized spacial score (nSPS) is 10.5. The van der Waals surface area contributed by atoms with Crippen LogP contribution >= 0.6 is 11.8 Å². The Morgan fingerprint density at radius 3 is 2.22 bits per heavy atom. The lowest BCUT2D eigenvalue weighted by Gasteiger charge is -2.09. The van der Waals surface area contributed by atoms with Gasteiger partial charge in [0.25, 0.3) is 0 Å². The third-order valence-electron chi connectivity index (χ3n) is 4.74. The Morgan fingerprint density at radius 2 is 1.53 bits per heavy atom. The number of nitrogens with zero attached hydrogens (tertiary/aromatic N) is 1. The van der Waals surface area contributed by atoms with Gasteiger partial charge in [-0.1, -0.05) is 84.6 Å². The molecule has 0 spiro atoms. The first-order valence-electron chi connectivity index (χ1n) is 9.96. The lowest BCUT2D eigenvalue weighted by Crippen LogP contribution is -2.17. The number of benzene rings is 3. The molecule has 1 aromatic heterocycles. The fourth-order valence-corrected chi connectivity index (χ4v) is 3.91. The van der Waals surface area contributed by atoms with Gasteiger partial charge in [0, 0.05) is 11.1 Å². The van der Waals surface area contributed by atoms with E-state index in [0.29, 0.717) is 16.4 Å². The highest BCUT2D eigenvalue weighted by Crippen LogP contribution is 2.32. The molecule has 1 amide bonds. The second-order valence-electron chi connectivity index (χ2n) is 6.87. The summed E-state index contributed by atoms with van der Waals surface area (Å²) in [5.74, 6) is -0.615. The highest BCUT2D eigenvalue weighted by atomic mass is 32.2. The van der Waals surface area contributed by atoms with Crippen LogP contribution in [-0.4, -0.2) is 34.7 Å². The van der Waals surface area contributed by atoms with Crippen LogP contribution in [0.5, 0.6) is 0 Å². The standard InChI is InChI=1S/C25H21N3O3S/c1-31-24(30)19-14-8-9-15-20(19)26-21(29)16-32-25-27-22(17-10-4-2-5-11-17)23(28-25)18-12-6-3-7-13-18/h2-15H,16H2,1H3,(H,26,29)(H,27,28). The van der Waals surface area contributed by atoms with Crippen LogP contribution in [0.25, 0.3) is 22.5 Å². The summed E-state index contributed by atoms with van der Waals surface area (Å²) in [5.41, 5.74) is 4.46. The Kier molecular flexibility index (Phi) is 6.67. The second kappa shape index (κ2) is 9.98. The summed E-state index contributed by atoms with van der Waals surface area (Å²) in [6.45, 7) is 0. The minimum atomic E-state index is -0.500. The smallest absolute Gasteiger partial charge is 0.339 e. The van der Waals surface area contributed by atoms with Crippen LogP contribution in [0, 0.1) is 0 Å². The van der Waals surface area contributed by atoms with E-state index >= 15 is 0 Å². The number of carbonyl (C=O) groups is 2. The monoisotopic (exact) mass is 443 g/mol. The number of methoxy groups -OCH3 is 1. The van der Waals surface area contributed by atoms with Gasteiger partial charge in [-0.15, -0.1) is 0 Å². The number of amides is 1. The summed E-state index contributed by atoms with van der Waals surface area (Å²) in [6.07, 6.45) is 0. The second-order valence-corrected chi connectivity index (χ2v) is 7.84. The van der Waals surface area contributed by atoms with Crippen LogP contribution in [0.2, 0.25) is 0 Å². The number of esters is 1. The first kappa shape index (κ1) is 21.4. The summed E-state index contributed by atoms with van der Waals surface area (Å²) < 4.78 is 4.78. The molecule has 0 aliphatic rings. The molecule has 0 radical (unpaired) electrons. The number of aromatic amines is 1. The number of H-pyrrole nitrogens is 1. The van der Waals surface area contributed by atoms with E-state index in [1.807, 2.05) is 60.7 Å². The summed E-state index contributed by atoms with van der Waals surface area (Å²) >= 11 is 1.30. The van der Waals surface area contributed by atoms with Crippen molar-refractivity contribution in [3.63, 3.8) is 0 Å².